The smallest absolute Gasteiger partial charge is 0.139 e. The van der Waals surface area contributed by atoms with E-state index in [1.807, 2.05) is 30.3 Å². The topological polar surface area (TPSA) is 40.2 Å². The maximum Gasteiger partial charge on any atom is 0.139 e. The molecule has 21 heavy (non-hydrogen) atoms. The van der Waals surface area contributed by atoms with Gasteiger partial charge in [-0.2, -0.15) is 5.26 Å². The number of piperidine rings is 1. The van der Waals surface area contributed by atoms with Gasteiger partial charge >= 0.3 is 0 Å². The highest BCUT2D eigenvalue weighted by atomic mass is 16.3. The maximum absolute atomic E-state index is 9.07. The van der Waals surface area contributed by atoms with Gasteiger partial charge in [0.25, 0.3) is 0 Å². The number of fused-ring (bicyclic) bond motifs is 2. The molecule has 0 atom stereocenters. The second-order valence-electron chi connectivity index (χ2n) is 5.75. The Labute approximate surface area is 124 Å². The van der Waals surface area contributed by atoms with Gasteiger partial charge in [0.05, 0.1) is 17.9 Å². The minimum Gasteiger partial charge on any atom is -0.464 e. The summed E-state index contributed by atoms with van der Waals surface area (Å²) in [5.74, 6) is 1.58. The molecule has 3 heteroatoms. The van der Waals surface area contributed by atoms with Crippen LogP contribution in [0.2, 0.25) is 0 Å². The van der Waals surface area contributed by atoms with Crippen LogP contribution in [0, 0.1) is 17.2 Å². The molecule has 0 aliphatic carbocycles. The lowest BCUT2D eigenvalue weighted by Crippen LogP contribution is -2.35. The minimum absolute atomic E-state index is 0.610. The fourth-order valence-electron chi connectivity index (χ4n) is 3.40. The summed E-state index contributed by atoms with van der Waals surface area (Å²) in [6, 6.07) is 11.9. The van der Waals surface area contributed by atoms with E-state index in [2.05, 4.69) is 17.2 Å². The molecule has 4 heterocycles. The molecule has 0 radical (unpaired) electrons. The molecule has 0 N–H and O–H groups in total. The number of rotatable bonds is 2. The van der Waals surface area contributed by atoms with Crippen molar-refractivity contribution in [2.75, 3.05) is 13.1 Å². The Balaban J connectivity index is 1.79. The Morgan fingerprint density at radius 1 is 1.19 bits per heavy atom. The van der Waals surface area contributed by atoms with E-state index in [1.165, 1.54) is 18.4 Å². The molecule has 2 bridgehead atoms. The Bertz CT molecular complexity index is 743. The number of nitriles is 1. The predicted octanol–water partition coefficient (Wildman–Crippen LogP) is 3.88. The molecule has 2 aromatic rings. The molecule has 0 unspecified atom stereocenters. The summed E-state index contributed by atoms with van der Waals surface area (Å²) in [6.45, 7) is 2.32. The molecule has 1 aromatic heterocycles. The van der Waals surface area contributed by atoms with Gasteiger partial charge in [-0.3, -0.25) is 0 Å². The van der Waals surface area contributed by atoms with Crippen molar-refractivity contribution in [1.82, 2.24) is 4.90 Å². The van der Waals surface area contributed by atoms with Crippen LogP contribution in [0.25, 0.3) is 16.7 Å². The van der Waals surface area contributed by atoms with E-state index in [9.17, 15) is 0 Å². The van der Waals surface area contributed by atoms with Crippen molar-refractivity contribution in [3.05, 3.63) is 54.1 Å². The number of nitrogens with zero attached hydrogens (tertiary/aromatic N) is 2. The van der Waals surface area contributed by atoms with Gasteiger partial charge in [-0.05, 0) is 42.5 Å². The van der Waals surface area contributed by atoms with Crippen LogP contribution in [-0.4, -0.2) is 18.0 Å². The fraction of sp³-hybridized carbons (Fsp3) is 0.278. The maximum atomic E-state index is 9.07. The molecule has 1 fully saturated rings. The molecule has 1 aromatic carbocycles. The van der Waals surface area contributed by atoms with Crippen LogP contribution >= 0.6 is 0 Å². The van der Waals surface area contributed by atoms with Gasteiger partial charge in [0, 0.05) is 30.4 Å². The highest BCUT2D eigenvalue weighted by molar-refractivity contribution is 5.80. The predicted molar refractivity (Wildman–Crippen MR) is 81.1 cm³/mol. The van der Waals surface area contributed by atoms with E-state index in [-0.39, 0.29) is 0 Å². The first-order chi connectivity index (χ1) is 10.3. The number of hydrogen-bond acceptors (Lipinski definition) is 3. The summed E-state index contributed by atoms with van der Waals surface area (Å²) < 4.78 is 5.81. The van der Waals surface area contributed by atoms with Crippen LogP contribution in [0.4, 0.5) is 0 Å². The number of hydrogen-bond donors (Lipinski definition) is 0. The van der Waals surface area contributed by atoms with Crippen LogP contribution in [0.1, 0.15) is 24.2 Å². The van der Waals surface area contributed by atoms with Crippen LogP contribution in [-0.2, 0) is 0 Å². The fourth-order valence-corrected chi connectivity index (χ4v) is 3.40. The van der Waals surface area contributed by atoms with Crippen LogP contribution in [0.15, 0.2) is 47.2 Å². The van der Waals surface area contributed by atoms with E-state index in [4.69, 9.17) is 9.68 Å². The highest BCUT2D eigenvalue weighted by Crippen LogP contribution is 2.41. The summed E-state index contributed by atoms with van der Waals surface area (Å²) in [7, 11) is 0. The summed E-state index contributed by atoms with van der Waals surface area (Å²) >= 11 is 0. The molecule has 104 valence electrons. The minimum atomic E-state index is 0.610. The van der Waals surface area contributed by atoms with Crippen molar-refractivity contribution in [3.63, 3.8) is 0 Å². The second-order valence-corrected chi connectivity index (χ2v) is 5.75. The SMILES string of the molecule is N#Cc1cccc(-c2ccoc2C2=CN3CCC2CC3)c1. The van der Waals surface area contributed by atoms with Crippen molar-refractivity contribution in [1.29, 1.82) is 5.26 Å². The first kappa shape index (κ1) is 12.3. The third-order valence-corrected chi connectivity index (χ3v) is 4.52. The second kappa shape index (κ2) is 4.82. The molecule has 1 saturated heterocycles. The average Bonchev–Trinajstić information content (AvgIpc) is 3.05. The summed E-state index contributed by atoms with van der Waals surface area (Å²) in [4.78, 5) is 2.38. The van der Waals surface area contributed by atoms with Gasteiger partial charge in [0.1, 0.15) is 5.76 Å². The van der Waals surface area contributed by atoms with Gasteiger partial charge in [0.2, 0.25) is 0 Å². The molecule has 3 aliphatic rings. The van der Waals surface area contributed by atoms with E-state index >= 15 is 0 Å². The quantitative estimate of drug-likeness (QED) is 0.835. The third-order valence-electron chi connectivity index (χ3n) is 4.52. The molecule has 3 aliphatic heterocycles. The van der Waals surface area contributed by atoms with Gasteiger partial charge in [-0.15, -0.1) is 0 Å². The number of allylic oxidation sites excluding steroid dienone is 1. The Hall–Kier alpha value is -2.47. The summed E-state index contributed by atoms with van der Waals surface area (Å²) in [6.07, 6.45) is 6.44. The first-order valence-corrected chi connectivity index (χ1v) is 7.39. The zero-order valence-corrected chi connectivity index (χ0v) is 11.7. The highest BCUT2D eigenvalue weighted by Gasteiger charge is 2.30. The zero-order valence-electron chi connectivity index (χ0n) is 11.7. The van der Waals surface area contributed by atoms with Crippen LogP contribution in [0.3, 0.4) is 0 Å². The van der Waals surface area contributed by atoms with Crippen molar-refractivity contribution in [3.8, 4) is 17.2 Å². The van der Waals surface area contributed by atoms with Gasteiger partial charge in [0.15, 0.2) is 0 Å². The molecule has 5 rings (SSSR count). The van der Waals surface area contributed by atoms with Gasteiger partial charge in [-0.25, -0.2) is 0 Å². The molecular formula is C18H16N2O. The van der Waals surface area contributed by atoms with Crippen LogP contribution in [0.5, 0.6) is 0 Å². The average molecular weight is 276 g/mol. The molecule has 0 amide bonds. The number of furan rings is 1. The van der Waals surface area contributed by atoms with E-state index in [1.54, 1.807) is 6.26 Å². The Morgan fingerprint density at radius 3 is 2.76 bits per heavy atom. The summed E-state index contributed by atoms with van der Waals surface area (Å²) in [5, 5.41) is 9.07. The zero-order chi connectivity index (χ0) is 14.2. The van der Waals surface area contributed by atoms with Crippen molar-refractivity contribution >= 4 is 5.57 Å². The van der Waals surface area contributed by atoms with E-state index in [0.717, 1.165) is 30.0 Å². The lowest BCUT2D eigenvalue weighted by Gasteiger charge is -2.38. The molecule has 0 saturated carbocycles. The lowest BCUT2D eigenvalue weighted by molar-refractivity contribution is 0.249. The summed E-state index contributed by atoms with van der Waals surface area (Å²) in [5.41, 5.74) is 4.14. The largest absolute Gasteiger partial charge is 0.464 e. The van der Waals surface area contributed by atoms with Crippen molar-refractivity contribution in [2.24, 2.45) is 5.92 Å². The Morgan fingerprint density at radius 2 is 2.05 bits per heavy atom. The Kier molecular flexibility index (Phi) is 2.82. The first-order valence-electron chi connectivity index (χ1n) is 7.39. The standard InChI is InChI=1S/C18H16N2O/c19-11-13-2-1-3-15(10-13)16-6-9-21-18(16)17-12-20-7-4-14(17)5-8-20/h1-3,6,9-10,12,14H,4-5,7-8H2. The molecule has 0 spiro atoms. The van der Waals surface area contributed by atoms with Gasteiger partial charge < -0.3 is 9.32 Å². The van der Waals surface area contributed by atoms with Gasteiger partial charge in [-0.1, -0.05) is 12.1 Å². The monoisotopic (exact) mass is 276 g/mol. The normalized spacial score (nSPS) is 17.7. The number of benzene rings is 1. The molecular weight excluding hydrogens is 260 g/mol. The third kappa shape index (κ3) is 2.04. The van der Waals surface area contributed by atoms with E-state index in [0.29, 0.717) is 11.5 Å². The lowest BCUT2D eigenvalue weighted by atomic mass is 9.83. The van der Waals surface area contributed by atoms with E-state index < -0.39 is 0 Å². The van der Waals surface area contributed by atoms with Crippen LogP contribution < -0.4 is 0 Å². The van der Waals surface area contributed by atoms with Crippen molar-refractivity contribution in [2.45, 2.75) is 12.8 Å². The molecule has 3 nitrogen and oxygen atoms in total. The van der Waals surface area contributed by atoms with Crippen molar-refractivity contribution < 1.29 is 4.42 Å².